The summed E-state index contributed by atoms with van der Waals surface area (Å²) in [6.07, 6.45) is 0.477. The summed E-state index contributed by atoms with van der Waals surface area (Å²) in [4.78, 5) is 15.4. The molecule has 3 rings (SSSR count). The zero-order valence-corrected chi connectivity index (χ0v) is 15.5. The average Bonchev–Trinajstić information content (AvgIpc) is 2.68. The molecule has 0 saturated heterocycles. The highest BCUT2D eigenvalue weighted by Crippen LogP contribution is 2.19. The van der Waals surface area contributed by atoms with Crippen LogP contribution in [-0.2, 0) is 6.42 Å². The van der Waals surface area contributed by atoms with Crippen molar-refractivity contribution in [2.24, 2.45) is 5.73 Å². The van der Waals surface area contributed by atoms with Gasteiger partial charge in [0.1, 0.15) is 5.82 Å². The molecule has 0 aliphatic heterocycles. The van der Waals surface area contributed by atoms with Crippen LogP contribution in [0.25, 0.3) is 11.3 Å². The number of hydrogen-bond acceptors (Lipinski definition) is 6. The highest BCUT2D eigenvalue weighted by atomic mass is 19.3. The van der Waals surface area contributed by atoms with Crippen molar-refractivity contribution in [2.45, 2.75) is 26.0 Å². The summed E-state index contributed by atoms with van der Waals surface area (Å²) in [7, 11) is 0. The Morgan fingerprint density at radius 2 is 1.93 bits per heavy atom. The number of amides is 1. The van der Waals surface area contributed by atoms with Gasteiger partial charge in [0.05, 0.1) is 5.69 Å². The van der Waals surface area contributed by atoms with Gasteiger partial charge in [-0.3, -0.25) is 4.79 Å². The highest BCUT2D eigenvalue weighted by Gasteiger charge is 2.10. The summed E-state index contributed by atoms with van der Waals surface area (Å²) in [5, 5.41) is 11.5. The predicted molar refractivity (Wildman–Crippen MR) is 104 cm³/mol. The predicted octanol–water partition coefficient (Wildman–Crippen LogP) is 3.28. The Hall–Kier alpha value is -3.62. The van der Waals surface area contributed by atoms with E-state index in [-0.39, 0.29) is 11.9 Å². The van der Waals surface area contributed by atoms with E-state index in [1.54, 1.807) is 42.5 Å². The Labute approximate surface area is 165 Å². The molecule has 0 spiro atoms. The lowest BCUT2D eigenvalue weighted by atomic mass is 10.1. The number of benzene rings is 1. The van der Waals surface area contributed by atoms with Crippen LogP contribution in [-0.4, -0.2) is 33.7 Å². The Bertz CT molecular complexity index is 983. The number of nitrogens with two attached hydrogens (primary N) is 1. The second-order valence-corrected chi connectivity index (χ2v) is 6.34. The minimum atomic E-state index is -2.91. The number of carbonyl (C=O) groups is 1. The molecule has 0 aliphatic carbocycles. The number of rotatable bonds is 8. The van der Waals surface area contributed by atoms with Gasteiger partial charge < -0.3 is 15.8 Å². The average molecular weight is 399 g/mol. The van der Waals surface area contributed by atoms with E-state index in [2.05, 4.69) is 25.2 Å². The molecular formula is C20H19F2N5O2. The smallest absolute Gasteiger partial charge is 0.388 e. The lowest BCUT2D eigenvalue weighted by Crippen LogP contribution is -2.20. The minimum Gasteiger partial charge on any atom is -0.417 e. The molecule has 150 valence electrons. The molecule has 0 bridgehead atoms. The van der Waals surface area contributed by atoms with Crippen molar-refractivity contribution in [3.05, 3.63) is 65.9 Å². The van der Waals surface area contributed by atoms with E-state index in [0.717, 1.165) is 5.56 Å². The number of nitrogens with one attached hydrogen (secondary N) is 1. The maximum absolute atomic E-state index is 12.3. The molecule has 0 fully saturated rings. The maximum Gasteiger partial charge on any atom is 0.388 e. The number of ether oxygens (including phenoxy) is 1. The number of primary amides is 1. The molecule has 2 heterocycles. The topological polar surface area (TPSA) is 103 Å². The van der Waals surface area contributed by atoms with Crippen molar-refractivity contribution in [1.29, 1.82) is 0 Å². The SMILES string of the molecule is CC(Cc1cccc(OC(F)F)n1)Nc1ccc(-c2cccc(C(N)=O)c2)nn1. The van der Waals surface area contributed by atoms with E-state index in [9.17, 15) is 13.6 Å². The summed E-state index contributed by atoms with van der Waals surface area (Å²) >= 11 is 0. The van der Waals surface area contributed by atoms with Crippen LogP contribution in [0.5, 0.6) is 5.88 Å². The van der Waals surface area contributed by atoms with Gasteiger partial charge in [-0.05, 0) is 37.3 Å². The van der Waals surface area contributed by atoms with Gasteiger partial charge in [0, 0.05) is 35.3 Å². The highest BCUT2D eigenvalue weighted by molar-refractivity contribution is 5.93. The van der Waals surface area contributed by atoms with Gasteiger partial charge >= 0.3 is 6.61 Å². The van der Waals surface area contributed by atoms with E-state index in [0.29, 0.717) is 29.2 Å². The van der Waals surface area contributed by atoms with E-state index < -0.39 is 12.5 Å². The number of hydrogen-bond donors (Lipinski definition) is 2. The van der Waals surface area contributed by atoms with Gasteiger partial charge in [0.2, 0.25) is 11.8 Å². The molecule has 7 nitrogen and oxygen atoms in total. The number of aromatic nitrogens is 3. The summed E-state index contributed by atoms with van der Waals surface area (Å²) in [6, 6.07) is 15.0. The summed E-state index contributed by atoms with van der Waals surface area (Å²) in [6.45, 7) is -1.00. The Kier molecular flexibility index (Phi) is 6.28. The zero-order chi connectivity index (χ0) is 20.8. The molecule has 1 unspecified atom stereocenters. The maximum atomic E-state index is 12.3. The van der Waals surface area contributed by atoms with Crippen LogP contribution in [0.2, 0.25) is 0 Å². The summed E-state index contributed by atoms with van der Waals surface area (Å²) < 4.78 is 28.9. The van der Waals surface area contributed by atoms with Gasteiger partial charge in [-0.25, -0.2) is 4.98 Å². The lowest BCUT2D eigenvalue weighted by Gasteiger charge is -2.14. The van der Waals surface area contributed by atoms with Crippen LogP contribution < -0.4 is 15.8 Å². The van der Waals surface area contributed by atoms with Gasteiger partial charge in [0.25, 0.3) is 0 Å². The number of pyridine rings is 1. The first-order valence-corrected chi connectivity index (χ1v) is 8.82. The van der Waals surface area contributed by atoms with Gasteiger partial charge in [0.15, 0.2) is 0 Å². The van der Waals surface area contributed by atoms with Crippen LogP contribution in [0.3, 0.4) is 0 Å². The Morgan fingerprint density at radius 1 is 1.14 bits per heavy atom. The van der Waals surface area contributed by atoms with Crippen LogP contribution in [0, 0.1) is 0 Å². The summed E-state index contributed by atoms with van der Waals surface area (Å²) in [5.74, 6) is -0.0807. The first kappa shape index (κ1) is 20.1. The standard InChI is InChI=1S/C20H19F2N5O2/c1-12(10-15-6-3-7-18(25-15)29-20(21)22)24-17-9-8-16(26-27-17)13-4-2-5-14(11-13)19(23)28/h2-9,11-12,20H,10H2,1H3,(H2,23,28)(H,24,27). The number of nitrogens with zero attached hydrogens (tertiary/aromatic N) is 3. The first-order chi connectivity index (χ1) is 13.9. The van der Waals surface area contributed by atoms with Gasteiger partial charge in [-0.15, -0.1) is 10.2 Å². The van der Waals surface area contributed by atoms with Gasteiger partial charge in [-0.2, -0.15) is 8.78 Å². The second-order valence-electron chi connectivity index (χ2n) is 6.34. The normalized spacial score (nSPS) is 11.9. The molecule has 3 N–H and O–H groups in total. The second kappa shape index (κ2) is 9.05. The molecule has 2 aromatic heterocycles. The number of carbonyl (C=O) groups excluding carboxylic acids is 1. The Balaban J connectivity index is 1.64. The molecule has 0 radical (unpaired) electrons. The third-order valence-electron chi connectivity index (χ3n) is 4.01. The first-order valence-electron chi connectivity index (χ1n) is 8.82. The molecular weight excluding hydrogens is 380 g/mol. The summed E-state index contributed by atoms with van der Waals surface area (Å²) in [5.41, 5.74) is 7.63. The fraction of sp³-hybridized carbons (Fsp3) is 0.200. The van der Waals surface area contributed by atoms with Crippen molar-refractivity contribution in [2.75, 3.05) is 5.32 Å². The molecule has 1 amide bonds. The van der Waals surface area contributed by atoms with Crippen LogP contribution >= 0.6 is 0 Å². The minimum absolute atomic E-state index is 0.0809. The van der Waals surface area contributed by atoms with Crippen LogP contribution in [0.1, 0.15) is 23.0 Å². The lowest BCUT2D eigenvalue weighted by molar-refractivity contribution is -0.0529. The monoisotopic (exact) mass is 399 g/mol. The van der Waals surface area contributed by atoms with Crippen molar-refractivity contribution in [3.63, 3.8) is 0 Å². The largest absolute Gasteiger partial charge is 0.417 e. The fourth-order valence-electron chi connectivity index (χ4n) is 2.74. The quantitative estimate of drug-likeness (QED) is 0.603. The van der Waals surface area contributed by atoms with Crippen LogP contribution in [0.4, 0.5) is 14.6 Å². The molecule has 3 aromatic rings. The van der Waals surface area contributed by atoms with Crippen LogP contribution in [0.15, 0.2) is 54.6 Å². The van der Waals surface area contributed by atoms with E-state index in [1.807, 2.05) is 13.0 Å². The van der Waals surface area contributed by atoms with E-state index >= 15 is 0 Å². The molecule has 9 heteroatoms. The number of halogens is 2. The number of anilines is 1. The molecule has 0 aliphatic rings. The van der Waals surface area contributed by atoms with E-state index in [1.165, 1.54) is 6.07 Å². The zero-order valence-electron chi connectivity index (χ0n) is 15.5. The number of alkyl halides is 2. The molecule has 0 saturated carbocycles. The third-order valence-corrected chi connectivity index (χ3v) is 4.01. The van der Waals surface area contributed by atoms with Gasteiger partial charge in [-0.1, -0.05) is 18.2 Å². The third kappa shape index (κ3) is 5.68. The molecule has 1 atom stereocenters. The van der Waals surface area contributed by atoms with Crippen molar-refractivity contribution in [3.8, 4) is 17.1 Å². The fourth-order valence-corrected chi connectivity index (χ4v) is 2.74. The van der Waals surface area contributed by atoms with Crippen molar-refractivity contribution in [1.82, 2.24) is 15.2 Å². The van der Waals surface area contributed by atoms with E-state index in [4.69, 9.17) is 5.73 Å². The Morgan fingerprint density at radius 3 is 2.62 bits per heavy atom. The van der Waals surface area contributed by atoms with Crippen molar-refractivity contribution >= 4 is 11.7 Å². The molecule has 29 heavy (non-hydrogen) atoms. The molecule has 1 aromatic carbocycles. The van der Waals surface area contributed by atoms with Crippen molar-refractivity contribution < 1.29 is 18.3 Å².